The minimum absolute atomic E-state index is 0.0862. The van der Waals surface area contributed by atoms with Gasteiger partial charge in [-0.25, -0.2) is 0 Å². The highest BCUT2D eigenvalue weighted by molar-refractivity contribution is 5.90. The summed E-state index contributed by atoms with van der Waals surface area (Å²) in [6.45, 7) is 5.41. The molecule has 34 heavy (non-hydrogen) atoms. The van der Waals surface area contributed by atoms with E-state index in [1.165, 1.54) is 14.2 Å². The van der Waals surface area contributed by atoms with Crippen molar-refractivity contribution in [2.75, 3.05) is 52.0 Å². The van der Waals surface area contributed by atoms with E-state index in [1.807, 2.05) is 37.3 Å². The van der Waals surface area contributed by atoms with Crippen molar-refractivity contribution in [3.05, 3.63) is 53.6 Å². The molecule has 1 saturated heterocycles. The van der Waals surface area contributed by atoms with Gasteiger partial charge in [-0.15, -0.1) is 0 Å². The predicted molar refractivity (Wildman–Crippen MR) is 128 cm³/mol. The fourth-order valence-corrected chi connectivity index (χ4v) is 4.22. The first-order valence-corrected chi connectivity index (χ1v) is 11.5. The Labute approximate surface area is 199 Å². The molecule has 0 saturated carbocycles. The van der Waals surface area contributed by atoms with Crippen molar-refractivity contribution in [3.8, 4) is 17.2 Å². The quantitative estimate of drug-likeness (QED) is 0.595. The summed E-state index contributed by atoms with van der Waals surface area (Å²) in [5.41, 5.74) is 2.56. The standard InChI is InChI=1S/C26H31NO7/c1-4-33-26(17-5-7-19(8-6-17)27-11-13-32-14-12-27)25(29)21-10-9-20(34-21)18-15-22(30-2)24(28)23(16-18)31-3/h5-9,15-16,21,26,28H,4,10-14H2,1-3H3. The first-order valence-electron chi connectivity index (χ1n) is 11.5. The highest BCUT2D eigenvalue weighted by Gasteiger charge is 2.34. The topological polar surface area (TPSA) is 86.7 Å². The van der Waals surface area contributed by atoms with E-state index in [9.17, 15) is 9.90 Å². The summed E-state index contributed by atoms with van der Waals surface area (Å²) in [6.07, 6.45) is 0.898. The molecule has 8 heteroatoms. The van der Waals surface area contributed by atoms with E-state index in [4.69, 9.17) is 23.7 Å². The first kappa shape index (κ1) is 23.9. The van der Waals surface area contributed by atoms with Crippen LogP contribution in [0.15, 0.2) is 42.5 Å². The lowest BCUT2D eigenvalue weighted by molar-refractivity contribution is -0.138. The second kappa shape index (κ2) is 10.8. The minimum atomic E-state index is -0.717. The Bertz CT molecular complexity index is 1000. The molecule has 0 spiro atoms. The van der Waals surface area contributed by atoms with Crippen LogP contribution in [0, 0.1) is 0 Å². The maximum Gasteiger partial charge on any atom is 0.206 e. The molecule has 2 aliphatic rings. The number of carbonyl (C=O) groups is 1. The van der Waals surface area contributed by atoms with Crippen molar-refractivity contribution in [2.24, 2.45) is 0 Å². The van der Waals surface area contributed by atoms with Gasteiger partial charge in [0.05, 0.1) is 27.4 Å². The average molecular weight is 470 g/mol. The molecule has 0 aliphatic carbocycles. The van der Waals surface area contributed by atoms with Gasteiger partial charge in [0.2, 0.25) is 11.5 Å². The van der Waals surface area contributed by atoms with Gasteiger partial charge in [-0.05, 0) is 42.8 Å². The van der Waals surface area contributed by atoms with Gasteiger partial charge < -0.3 is 33.7 Å². The van der Waals surface area contributed by atoms with Gasteiger partial charge >= 0.3 is 0 Å². The van der Waals surface area contributed by atoms with Gasteiger partial charge in [0.25, 0.3) is 0 Å². The number of phenols is 1. The molecule has 2 unspecified atom stereocenters. The lowest BCUT2D eigenvalue weighted by atomic mass is 10.00. The molecule has 8 nitrogen and oxygen atoms in total. The Morgan fingerprint density at radius 2 is 1.76 bits per heavy atom. The summed E-state index contributed by atoms with van der Waals surface area (Å²) in [6, 6.07) is 11.2. The Morgan fingerprint density at radius 1 is 1.12 bits per heavy atom. The molecule has 182 valence electrons. The SMILES string of the molecule is CCOC(C(=O)C1CC=C(c2cc(OC)c(O)c(OC)c2)O1)c1ccc(N2CCOCC2)cc1. The summed E-state index contributed by atoms with van der Waals surface area (Å²) in [7, 11) is 2.93. The van der Waals surface area contributed by atoms with Crippen LogP contribution in [0.2, 0.25) is 0 Å². The lowest BCUT2D eigenvalue weighted by Gasteiger charge is -2.29. The van der Waals surface area contributed by atoms with Crippen LogP contribution in [-0.4, -0.2) is 64.1 Å². The average Bonchev–Trinajstić information content (AvgIpc) is 3.38. The fourth-order valence-electron chi connectivity index (χ4n) is 4.22. The van der Waals surface area contributed by atoms with Crippen LogP contribution in [-0.2, 0) is 19.0 Å². The maximum absolute atomic E-state index is 13.4. The second-order valence-electron chi connectivity index (χ2n) is 8.07. The van der Waals surface area contributed by atoms with Crippen molar-refractivity contribution >= 4 is 17.2 Å². The summed E-state index contributed by atoms with van der Waals surface area (Å²) in [5.74, 6) is 0.844. The molecule has 4 rings (SSSR count). The number of anilines is 1. The molecule has 2 heterocycles. The van der Waals surface area contributed by atoms with Crippen molar-refractivity contribution in [2.45, 2.75) is 25.6 Å². The van der Waals surface area contributed by atoms with Gasteiger partial charge in [-0.1, -0.05) is 12.1 Å². The number of benzene rings is 2. The molecule has 0 amide bonds. The van der Waals surface area contributed by atoms with E-state index in [0.29, 0.717) is 24.4 Å². The molecular formula is C26H31NO7. The number of hydrogen-bond donors (Lipinski definition) is 1. The van der Waals surface area contributed by atoms with Crippen LogP contribution in [0.4, 0.5) is 5.69 Å². The zero-order valence-electron chi connectivity index (χ0n) is 19.8. The van der Waals surface area contributed by atoms with Gasteiger partial charge in [0.15, 0.2) is 17.6 Å². The largest absolute Gasteiger partial charge is 0.502 e. The Morgan fingerprint density at radius 3 is 2.35 bits per heavy atom. The van der Waals surface area contributed by atoms with Gasteiger partial charge in [-0.3, -0.25) is 4.79 Å². The van der Waals surface area contributed by atoms with Crippen molar-refractivity contribution in [3.63, 3.8) is 0 Å². The maximum atomic E-state index is 13.4. The molecule has 0 aromatic heterocycles. The number of carbonyl (C=O) groups excluding carboxylic acids is 1. The fraction of sp³-hybridized carbons (Fsp3) is 0.423. The highest BCUT2D eigenvalue weighted by atomic mass is 16.5. The molecular weight excluding hydrogens is 438 g/mol. The number of Topliss-reactive ketones (excluding diaryl/α,β-unsaturated/α-hetero) is 1. The molecule has 2 atom stereocenters. The third-order valence-corrected chi connectivity index (χ3v) is 6.03. The molecule has 1 N–H and O–H groups in total. The zero-order valence-corrected chi connectivity index (χ0v) is 19.8. The number of rotatable bonds is 9. The smallest absolute Gasteiger partial charge is 0.206 e. The minimum Gasteiger partial charge on any atom is -0.502 e. The van der Waals surface area contributed by atoms with E-state index in [0.717, 1.165) is 37.6 Å². The lowest BCUT2D eigenvalue weighted by Crippen LogP contribution is -2.36. The monoisotopic (exact) mass is 469 g/mol. The number of nitrogens with zero attached hydrogens (tertiary/aromatic N) is 1. The molecule has 2 aromatic rings. The van der Waals surface area contributed by atoms with Crippen LogP contribution >= 0.6 is 0 Å². The Hall–Kier alpha value is -3.23. The molecule has 0 radical (unpaired) electrons. The van der Waals surface area contributed by atoms with E-state index in [2.05, 4.69) is 4.90 Å². The van der Waals surface area contributed by atoms with Crippen molar-refractivity contribution < 1.29 is 33.6 Å². The van der Waals surface area contributed by atoms with Gasteiger partial charge in [0.1, 0.15) is 11.9 Å². The Balaban J connectivity index is 1.48. The molecule has 2 aliphatic heterocycles. The van der Waals surface area contributed by atoms with Crippen LogP contribution < -0.4 is 14.4 Å². The normalized spacial score (nSPS) is 18.7. The summed E-state index contributed by atoms with van der Waals surface area (Å²) in [4.78, 5) is 15.7. The summed E-state index contributed by atoms with van der Waals surface area (Å²) in [5, 5.41) is 10.2. The van der Waals surface area contributed by atoms with Gasteiger partial charge in [-0.2, -0.15) is 0 Å². The molecule has 1 fully saturated rings. The van der Waals surface area contributed by atoms with Crippen molar-refractivity contribution in [1.29, 1.82) is 0 Å². The third-order valence-electron chi connectivity index (χ3n) is 6.03. The third kappa shape index (κ3) is 4.98. The molecule has 0 bridgehead atoms. The van der Waals surface area contributed by atoms with Crippen LogP contribution in [0.3, 0.4) is 0 Å². The number of hydrogen-bond acceptors (Lipinski definition) is 8. The van der Waals surface area contributed by atoms with Gasteiger partial charge in [0, 0.05) is 37.4 Å². The van der Waals surface area contributed by atoms with E-state index in [1.54, 1.807) is 12.1 Å². The number of ketones is 1. The van der Waals surface area contributed by atoms with Crippen LogP contribution in [0.5, 0.6) is 17.2 Å². The van der Waals surface area contributed by atoms with E-state index in [-0.39, 0.29) is 23.0 Å². The van der Waals surface area contributed by atoms with E-state index < -0.39 is 12.2 Å². The summed E-state index contributed by atoms with van der Waals surface area (Å²) < 4.78 is 27.8. The van der Waals surface area contributed by atoms with E-state index >= 15 is 0 Å². The Kier molecular flexibility index (Phi) is 7.59. The molecule has 2 aromatic carbocycles. The second-order valence-corrected chi connectivity index (χ2v) is 8.07. The van der Waals surface area contributed by atoms with Crippen molar-refractivity contribution in [1.82, 2.24) is 0 Å². The number of morpholine rings is 1. The zero-order chi connectivity index (χ0) is 24.1. The first-order chi connectivity index (χ1) is 16.5. The number of methoxy groups -OCH3 is 2. The summed E-state index contributed by atoms with van der Waals surface area (Å²) >= 11 is 0. The number of ether oxygens (including phenoxy) is 5. The highest BCUT2D eigenvalue weighted by Crippen LogP contribution is 2.41. The predicted octanol–water partition coefficient (Wildman–Crippen LogP) is 3.72. The number of phenolic OH excluding ortho intramolecular Hbond substituents is 1. The number of aromatic hydroxyl groups is 1. The van der Waals surface area contributed by atoms with Crippen LogP contribution in [0.25, 0.3) is 5.76 Å². The van der Waals surface area contributed by atoms with Crippen LogP contribution in [0.1, 0.15) is 30.6 Å².